The van der Waals surface area contributed by atoms with Crippen LogP contribution in [0.2, 0.25) is 0 Å². The third kappa shape index (κ3) is 0.427. The lowest BCUT2D eigenvalue weighted by molar-refractivity contribution is 0.518. The van der Waals surface area contributed by atoms with Crippen LogP contribution in [0.1, 0.15) is 0 Å². The Kier molecular flexibility index (Phi) is 0.745. The van der Waals surface area contributed by atoms with Gasteiger partial charge in [0.15, 0.2) is 5.50 Å². The molecule has 2 nitrogen and oxygen atoms in total. The molecule has 2 aliphatic heterocycles. The van der Waals surface area contributed by atoms with Crippen LogP contribution in [0.15, 0.2) is 22.8 Å². The zero-order valence-electron chi connectivity index (χ0n) is 4.11. The Hall–Kier alpha value is -0.660. The third-order valence-electron chi connectivity index (χ3n) is 1.08. The van der Waals surface area contributed by atoms with Crippen LogP contribution in [0, 0.1) is 0 Å². The van der Waals surface area contributed by atoms with Gasteiger partial charge in [-0.15, -0.1) is 0 Å². The second kappa shape index (κ2) is 1.41. The van der Waals surface area contributed by atoms with E-state index in [2.05, 4.69) is 10.9 Å². The van der Waals surface area contributed by atoms with Gasteiger partial charge in [-0.2, -0.15) is 0 Å². The molecule has 0 saturated heterocycles. The molecule has 0 aromatic heterocycles. The summed E-state index contributed by atoms with van der Waals surface area (Å²) in [4.78, 5) is 6.04. The Morgan fingerprint density at radius 3 is 3.62 bits per heavy atom. The quantitative estimate of drug-likeness (QED) is 0.478. The van der Waals surface area contributed by atoms with Gasteiger partial charge in [0, 0.05) is 12.1 Å². The highest BCUT2D eigenvalue weighted by Gasteiger charge is 2.18. The van der Waals surface area contributed by atoms with Crippen LogP contribution in [-0.4, -0.2) is 16.3 Å². The van der Waals surface area contributed by atoms with E-state index < -0.39 is 0 Å². The predicted octanol–water partition coefficient (Wildman–Crippen LogP) is 0.987. The second-order valence-electron chi connectivity index (χ2n) is 1.58. The summed E-state index contributed by atoms with van der Waals surface area (Å²) in [5, 5.41) is 2.03. The molecule has 8 heavy (non-hydrogen) atoms. The average Bonchev–Trinajstić information content (AvgIpc) is 2.15. The molecule has 2 heterocycles. The van der Waals surface area contributed by atoms with Crippen LogP contribution in [0.5, 0.6) is 0 Å². The first-order valence-electron chi connectivity index (χ1n) is 2.35. The molecule has 0 fully saturated rings. The van der Waals surface area contributed by atoms with Crippen molar-refractivity contribution in [3.05, 3.63) is 17.8 Å². The van der Waals surface area contributed by atoms with Crippen LogP contribution in [0.25, 0.3) is 0 Å². The van der Waals surface area contributed by atoms with Gasteiger partial charge in [0.1, 0.15) is 0 Å². The van der Waals surface area contributed by atoms with E-state index in [0.717, 1.165) is 0 Å². The molecule has 0 radical (unpaired) electrons. The van der Waals surface area contributed by atoms with Gasteiger partial charge in [-0.3, -0.25) is 0 Å². The summed E-state index contributed by atoms with van der Waals surface area (Å²) in [6, 6.07) is 0. The average molecular weight is 124 g/mol. The van der Waals surface area contributed by atoms with Gasteiger partial charge in [0.25, 0.3) is 0 Å². The molecule has 0 amide bonds. The molecule has 0 aliphatic carbocycles. The Balaban J connectivity index is 2.31. The largest absolute Gasteiger partial charge is 0.314 e. The SMILES string of the molecule is C1=CN2C=CSC2N=1. The lowest BCUT2D eigenvalue weighted by atomic mass is 10.8. The maximum absolute atomic E-state index is 4.02. The fraction of sp³-hybridized carbons (Fsp3) is 0.200. The molecule has 0 aromatic carbocycles. The van der Waals surface area contributed by atoms with E-state index in [4.69, 9.17) is 0 Å². The molecule has 0 aromatic rings. The first-order valence-corrected chi connectivity index (χ1v) is 3.29. The summed E-state index contributed by atoms with van der Waals surface area (Å²) in [7, 11) is 0. The lowest BCUT2D eigenvalue weighted by Gasteiger charge is -2.08. The van der Waals surface area contributed by atoms with Crippen molar-refractivity contribution < 1.29 is 0 Å². The molecular weight excluding hydrogens is 120 g/mol. The maximum atomic E-state index is 4.02. The fourth-order valence-electron chi connectivity index (χ4n) is 0.687. The van der Waals surface area contributed by atoms with Crippen molar-refractivity contribution in [3.8, 4) is 0 Å². The van der Waals surface area contributed by atoms with E-state index in [1.54, 1.807) is 11.8 Å². The standard InChI is InChI=1S/C5H4N2S/c1-2-7-3-4-8-5(7)6-1/h2-5H. The van der Waals surface area contributed by atoms with Crippen LogP contribution in [0.4, 0.5) is 0 Å². The molecule has 3 heteroatoms. The molecular formula is C5H4N2S. The van der Waals surface area contributed by atoms with Crippen molar-refractivity contribution >= 4 is 17.6 Å². The van der Waals surface area contributed by atoms with E-state index in [1.807, 2.05) is 22.7 Å². The molecule has 0 N–H and O–H groups in total. The summed E-state index contributed by atoms with van der Waals surface area (Å²) in [5.41, 5.74) is 0.273. The Morgan fingerprint density at radius 1 is 1.75 bits per heavy atom. The van der Waals surface area contributed by atoms with Gasteiger partial charge in [-0.05, 0) is 5.41 Å². The number of thioether (sulfide) groups is 1. The van der Waals surface area contributed by atoms with Crippen LogP contribution >= 0.6 is 11.8 Å². The summed E-state index contributed by atoms with van der Waals surface area (Å²) in [5.74, 6) is 2.78. The monoisotopic (exact) mass is 124 g/mol. The van der Waals surface area contributed by atoms with Gasteiger partial charge in [-0.1, -0.05) is 11.8 Å². The van der Waals surface area contributed by atoms with Crippen molar-refractivity contribution in [2.24, 2.45) is 4.99 Å². The van der Waals surface area contributed by atoms with E-state index >= 15 is 0 Å². The third-order valence-corrected chi connectivity index (χ3v) is 1.95. The normalized spacial score (nSPS) is 30.0. The number of rotatable bonds is 0. The molecule has 0 bridgehead atoms. The molecule has 1 atom stereocenters. The van der Waals surface area contributed by atoms with E-state index in [0.29, 0.717) is 0 Å². The summed E-state index contributed by atoms with van der Waals surface area (Å²) in [6.45, 7) is 0. The van der Waals surface area contributed by atoms with E-state index in [9.17, 15) is 0 Å². The maximum Gasteiger partial charge on any atom is 0.185 e. The minimum atomic E-state index is 0.273. The van der Waals surface area contributed by atoms with Crippen molar-refractivity contribution in [2.75, 3.05) is 0 Å². The summed E-state index contributed by atoms with van der Waals surface area (Å²) in [6.07, 6.45) is 3.85. The van der Waals surface area contributed by atoms with Crippen molar-refractivity contribution in [1.29, 1.82) is 0 Å². The van der Waals surface area contributed by atoms with Crippen molar-refractivity contribution in [1.82, 2.24) is 4.90 Å². The van der Waals surface area contributed by atoms with Gasteiger partial charge in [0.2, 0.25) is 0 Å². The number of hydrogen-bond donors (Lipinski definition) is 0. The van der Waals surface area contributed by atoms with Gasteiger partial charge < -0.3 is 4.90 Å². The first-order chi connectivity index (χ1) is 3.97. The highest BCUT2D eigenvalue weighted by molar-refractivity contribution is 8.02. The number of hydrogen-bond acceptors (Lipinski definition) is 3. The van der Waals surface area contributed by atoms with Gasteiger partial charge in [-0.25, -0.2) is 4.99 Å². The minimum absolute atomic E-state index is 0.273. The van der Waals surface area contributed by atoms with Gasteiger partial charge >= 0.3 is 0 Å². The fourth-order valence-corrected chi connectivity index (χ4v) is 1.43. The van der Waals surface area contributed by atoms with E-state index in [1.165, 1.54) is 0 Å². The topological polar surface area (TPSA) is 15.6 Å². The second-order valence-corrected chi connectivity index (χ2v) is 2.55. The predicted molar refractivity (Wildman–Crippen MR) is 34.4 cm³/mol. The Bertz CT molecular complexity index is 191. The molecule has 2 aliphatic rings. The van der Waals surface area contributed by atoms with Crippen LogP contribution in [-0.2, 0) is 0 Å². The Labute approximate surface area is 51.6 Å². The Morgan fingerprint density at radius 2 is 2.75 bits per heavy atom. The molecule has 40 valence electrons. The zero-order valence-corrected chi connectivity index (χ0v) is 4.93. The first kappa shape index (κ1) is 4.24. The molecule has 0 spiro atoms. The molecule has 1 unspecified atom stereocenters. The number of nitrogens with zero attached hydrogens (tertiary/aromatic N) is 2. The lowest BCUT2D eigenvalue weighted by Crippen LogP contribution is -2.11. The zero-order chi connectivity index (χ0) is 5.40. The minimum Gasteiger partial charge on any atom is -0.314 e. The van der Waals surface area contributed by atoms with E-state index in [-0.39, 0.29) is 5.50 Å². The summed E-state index contributed by atoms with van der Waals surface area (Å²) < 4.78 is 0. The number of fused-ring (bicyclic) bond motifs is 1. The summed E-state index contributed by atoms with van der Waals surface area (Å²) >= 11 is 1.70. The van der Waals surface area contributed by atoms with Crippen molar-refractivity contribution in [2.45, 2.75) is 5.50 Å². The highest BCUT2D eigenvalue weighted by Crippen LogP contribution is 2.27. The van der Waals surface area contributed by atoms with Gasteiger partial charge in [0.05, 0.1) is 6.20 Å². The smallest absolute Gasteiger partial charge is 0.185 e. The molecule has 2 rings (SSSR count). The van der Waals surface area contributed by atoms with Crippen molar-refractivity contribution in [3.63, 3.8) is 0 Å². The number of aliphatic imine (C=N–C) groups is 1. The molecule has 0 saturated carbocycles. The highest BCUT2D eigenvalue weighted by atomic mass is 32.2. The van der Waals surface area contributed by atoms with Crippen LogP contribution < -0.4 is 0 Å². The van der Waals surface area contributed by atoms with Crippen LogP contribution in [0.3, 0.4) is 0 Å².